The molecule has 8 nitrogen and oxygen atoms in total. The maximum atomic E-state index is 10.1. The van der Waals surface area contributed by atoms with Crippen LogP contribution in [-0.2, 0) is 14.2 Å². The summed E-state index contributed by atoms with van der Waals surface area (Å²) in [7, 11) is 0. The average Bonchev–Trinajstić information content (AvgIpc) is 2.80. The number of hydrogen-bond donors (Lipinski definition) is 5. The Morgan fingerprint density at radius 1 is 1.00 bits per heavy atom. The van der Waals surface area contributed by atoms with Gasteiger partial charge in [0.25, 0.3) is 0 Å². The van der Waals surface area contributed by atoms with Crippen LogP contribution in [0.25, 0.3) is 0 Å². The van der Waals surface area contributed by atoms with E-state index in [2.05, 4.69) is 0 Å². The number of aliphatic hydroxyl groups excluding tert-OH is 5. The van der Waals surface area contributed by atoms with Crippen LogP contribution in [-0.4, -0.2) is 98.0 Å². The van der Waals surface area contributed by atoms with Gasteiger partial charge in [0.15, 0.2) is 6.29 Å². The standard InChI is InChI=1S/C12H19Cl3O8/c13-1-4-7(17)10(20)12(3-14,22-4)23-11-9(19)8(18)6(15)5(2-16)21-11/h4-11,16-20H,1-3H2/t4-,5?,6+,7+,8-,9?,10?,11-,12+/m1/s1. The number of aliphatic hydroxyl groups is 5. The molecule has 136 valence electrons. The zero-order valence-corrected chi connectivity index (χ0v) is 14.1. The minimum atomic E-state index is -1.90. The summed E-state index contributed by atoms with van der Waals surface area (Å²) in [6, 6.07) is 0. The van der Waals surface area contributed by atoms with Gasteiger partial charge in [-0.1, -0.05) is 0 Å². The van der Waals surface area contributed by atoms with Crippen LogP contribution >= 0.6 is 34.8 Å². The molecule has 0 aromatic rings. The van der Waals surface area contributed by atoms with Crippen molar-refractivity contribution >= 4 is 34.8 Å². The highest BCUT2D eigenvalue weighted by Gasteiger charge is 2.58. The lowest BCUT2D eigenvalue weighted by Gasteiger charge is -2.43. The van der Waals surface area contributed by atoms with Crippen molar-refractivity contribution in [2.75, 3.05) is 18.4 Å². The first-order valence-electron chi connectivity index (χ1n) is 6.91. The lowest BCUT2D eigenvalue weighted by molar-refractivity contribution is -0.357. The maximum Gasteiger partial charge on any atom is 0.214 e. The highest BCUT2D eigenvalue weighted by molar-refractivity contribution is 6.21. The molecule has 0 radical (unpaired) electrons. The molecule has 5 N–H and O–H groups in total. The first-order valence-corrected chi connectivity index (χ1v) is 8.42. The molecule has 2 fully saturated rings. The number of ether oxygens (including phenoxy) is 3. The van der Waals surface area contributed by atoms with Crippen LogP contribution in [0.1, 0.15) is 0 Å². The Labute approximate surface area is 147 Å². The lowest BCUT2D eigenvalue weighted by Crippen LogP contribution is -2.61. The van der Waals surface area contributed by atoms with E-state index < -0.39 is 66.6 Å². The summed E-state index contributed by atoms with van der Waals surface area (Å²) in [4.78, 5) is 0. The molecule has 0 aromatic heterocycles. The van der Waals surface area contributed by atoms with Crippen molar-refractivity contribution in [3.05, 3.63) is 0 Å². The lowest BCUT2D eigenvalue weighted by atomic mass is 10.0. The number of halogens is 3. The second-order valence-electron chi connectivity index (χ2n) is 5.46. The summed E-state index contributed by atoms with van der Waals surface area (Å²) >= 11 is 17.3. The van der Waals surface area contributed by atoms with Gasteiger partial charge in [0.05, 0.1) is 23.7 Å². The predicted octanol–water partition coefficient (Wildman–Crippen LogP) is -1.66. The third kappa shape index (κ3) is 3.58. The SMILES string of the molecule is OCC1O[C@H](O[C@]2(CCl)O[C@H](CCl)[C@H](O)C2O)C(O)[C@H](O)[C@H]1Cl. The van der Waals surface area contributed by atoms with E-state index in [1.807, 2.05) is 0 Å². The van der Waals surface area contributed by atoms with Crippen molar-refractivity contribution < 1.29 is 39.7 Å². The molecule has 3 unspecified atom stereocenters. The molecular weight excluding hydrogens is 378 g/mol. The fourth-order valence-corrected chi connectivity index (χ4v) is 3.37. The van der Waals surface area contributed by atoms with Crippen LogP contribution in [0.3, 0.4) is 0 Å². The monoisotopic (exact) mass is 396 g/mol. The molecular formula is C12H19Cl3O8. The molecule has 2 aliphatic rings. The Morgan fingerprint density at radius 2 is 1.65 bits per heavy atom. The average molecular weight is 398 g/mol. The van der Waals surface area contributed by atoms with Crippen molar-refractivity contribution in [2.24, 2.45) is 0 Å². The molecule has 2 rings (SSSR count). The van der Waals surface area contributed by atoms with Gasteiger partial charge in [-0.25, -0.2) is 0 Å². The second-order valence-corrected chi connectivity index (χ2v) is 6.54. The second kappa shape index (κ2) is 7.84. The van der Waals surface area contributed by atoms with Gasteiger partial charge in [0.2, 0.25) is 5.79 Å². The van der Waals surface area contributed by atoms with Crippen molar-refractivity contribution in [2.45, 2.75) is 54.1 Å². The van der Waals surface area contributed by atoms with Crippen molar-refractivity contribution in [1.82, 2.24) is 0 Å². The van der Waals surface area contributed by atoms with Crippen molar-refractivity contribution in [3.63, 3.8) is 0 Å². The van der Waals surface area contributed by atoms with Crippen LogP contribution in [0.4, 0.5) is 0 Å². The van der Waals surface area contributed by atoms with Crippen LogP contribution in [0.15, 0.2) is 0 Å². The van der Waals surface area contributed by atoms with Gasteiger partial charge in [-0.15, -0.1) is 34.8 Å². The van der Waals surface area contributed by atoms with Crippen molar-refractivity contribution in [3.8, 4) is 0 Å². The molecule has 9 atom stereocenters. The molecule has 23 heavy (non-hydrogen) atoms. The van der Waals surface area contributed by atoms with Crippen molar-refractivity contribution in [1.29, 1.82) is 0 Å². The summed E-state index contributed by atoms with van der Waals surface area (Å²) < 4.78 is 16.1. The Bertz CT molecular complexity index is 403. The van der Waals surface area contributed by atoms with Gasteiger partial charge in [-0.3, -0.25) is 0 Å². The molecule has 0 aliphatic carbocycles. The minimum absolute atomic E-state index is 0.125. The third-order valence-corrected chi connectivity index (χ3v) is 5.17. The zero-order chi connectivity index (χ0) is 17.4. The molecule has 2 saturated heterocycles. The van der Waals surface area contributed by atoms with Crippen LogP contribution < -0.4 is 0 Å². The smallest absolute Gasteiger partial charge is 0.214 e. The molecule has 0 bridgehead atoms. The summed E-state index contributed by atoms with van der Waals surface area (Å²) in [6.45, 7) is -0.526. The van der Waals surface area contributed by atoms with E-state index in [9.17, 15) is 25.5 Å². The highest BCUT2D eigenvalue weighted by atomic mass is 35.5. The third-order valence-electron chi connectivity index (χ3n) is 3.96. The van der Waals surface area contributed by atoms with Gasteiger partial charge in [0, 0.05) is 0 Å². The Kier molecular flexibility index (Phi) is 6.77. The molecule has 0 aromatic carbocycles. The van der Waals surface area contributed by atoms with Gasteiger partial charge >= 0.3 is 0 Å². The van der Waals surface area contributed by atoms with E-state index in [1.54, 1.807) is 0 Å². The quantitative estimate of drug-likeness (QED) is 0.349. The Morgan fingerprint density at radius 3 is 2.13 bits per heavy atom. The predicted molar refractivity (Wildman–Crippen MR) is 79.5 cm³/mol. The largest absolute Gasteiger partial charge is 0.394 e. The number of alkyl halides is 3. The fourth-order valence-electron chi connectivity index (χ4n) is 2.56. The molecule has 2 aliphatic heterocycles. The topological polar surface area (TPSA) is 129 Å². The first kappa shape index (κ1) is 19.9. The summed E-state index contributed by atoms with van der Waals surface area (Å²) in [5.41, 5.74) is 0. The maximum absolute atomic E-state index is 10.1. The normalized spacial score (nSPS) is 51.1. The zero-order valence-electron chi connectivity index (χ0n) is 11.8. The van der Waals surface area contributed by atoms with E-state index in [-0.39, 0.29) is 5.88 Å². The Balaban J connectivity index is 2.18. The van der Waals surface area contributed by atoms with Gasteiger partial charge in [-0.2, -0.15) is 0 Å². The molecule has 2 heterocycles. The molecule has 0 spiro atoms. The molecule has 0 saturated carbocycles. The molecule has 0 amide bonds. The van der Waals surface area contributed by atoms with Crippen LogP contribution in [0, 0.1) is 0 Å². The van der Waals surface area contributed by atoms with Crippen LogP contribution in [0.2, 0.25) is 0 Å². The van der Waals surface area contributed by atoms with Gasteiger partial charge < -0.3 is 39.7 Å². The highest BCUT2D eigenvalue weighted by Crippen LogP contribution is 2.37. The molecule has 11 heteroatoms. The van der Waals surface area contributed by atoms with Gasteiger partial charge in [0.1, 0.15) is 36.6 Å². The minimum Gasteiger partial charge on any atom is -0.394 e. The summed E-state index contributed by atoms with van der Waals surface area (Å²) in [6.07, 6.45) is -9.39. The van der Waals surface area contributed by atoms with Crippen LogP contribution in [0.5, 0.6) is 0 Å². The first-order chi connectivity index (χ1) is 10.8. The van der Waals surface area contributed by atoms with E-state index in [4.69, 9.17) is 49.0 Å². The fraction of sp³-hybridized carbons (Fsp3) is 1.00. The summed E-state index contributed by atoms with van der Waals surface area (Å²) in [5.74, 6) is -2.43. The Hall–Kier alpha value is 0.550. The van der Waals surface area contributed by atoms with E-state index in [0.717, 1.165) is 0 Å². The summed E-state index contributed by atoms with van der Waals surface area (Å²) in [5, 5.41) is 48.1. The van der Waals surface area contributed by atoms with E-state index >= 15 is 0 Å². The number of hydrogen-bond acceptors (Lipinski definition) is 8. The van der Waals surface area contributed by atoms with E-state index in [0.29, 0.717) is 0 Å². The number of rotatable bonds is 5. The van der Waals surface area contributed by atoms with Gasteiger partial charge in [-0.05, 0) is 0 Å². The van der Waals surface area contributed by atoms with E-state index in [1.165, 1.54) is 0 Å².